The van der Waals surface area contributed by atoms with Crippen LogP contribution in [0.3, 0.4) is 0 Å². The number of benzene rings is 2. The van der Waals surface area contributed by atoms with E-state index in [1.54, 1.807) is 7.11 Å². The molecule has 19 heavy (non-hydrogen) atoms. The molecule has 0 radical (unpaired) electrons. The maximum absolute atomic E-state index is 5.97. The van der Waals surface area contributed by atoms with E-state index in [9.17, 15) is 0 Å². The quantitative estimate of drug-likeness (QED) is 0.555. The lowest BCUT2D eigenvalue weighted by molar-refractivity contribution is 0.415. The largest absolute Gasteiger partial charge is 0.497 e. The third-order valence-electron chi connectivity index (χ3n) is 2.84. The Kier molecular flexibility index (Phi) is 3.06. The number of nitrogens with two attached hydrogens (primary N) is 1. The van der Waals surface area contributed by atoms with Gasteiger partial charge in [-0.15, -0.1) is 0 Å². The SMILES string of the molecule is COc1ccc2oc(-c3cc(I)ccc3N)nc2c1. The molecule has 0 spiro atoms. The number of rotatable bonds is 2. The van der Waals surface area contributed by atoms with Crippen LogP contribution in [0.4, 0.5) is 5.69 Å². The highest BCUT2D eigenvalue weighted by atomic mass is 127. The first kappa shape index (κ1) is 12.3. The standard InChI is InChI=1S/C14H11IN2O2/c1-18-9-3-5-13-12(7-9)17-14(19-13)10-6-8(15)2-4-11(10)16/h2-7H,16H2,1H3. The van der Waals surface area contributed by atoms with Gasteiger partial charge in [0.05, 0.1) is 12.7 Å². The lowest BCUT2D eigenvalue weighted by atomic mass is 10.2. The summed E-state index contributed by atoms with van der Waals surface area (Å²) in [4.78, 5) is 4.46. The number of nitrogens with zero attached hydrogens (tertiary/aromatic N) is 1. The van der Waals surface area contributed by atoms with E-state index in [0.717, 1.165) is 20.4 Å². The topological polar surface area (TPSA) is 61.3 Å². The van der Waals surface area contributed by atoms with Crippen LogP contribution in [0, 0.1) is 3.57 Å². The van der Waals surface area contributed by atoms with Crippen molar-refractivity contribution < 1.29 is 9.15 Å². The highest BCUT2D eigenvalue weighted by Crippen LogP contribution is 2.31. The van der Waals surface area contributed by atoms with E-state index >= 15 is 0 Å². The molecule has 0 amide bonds. The van der Waals surface area contributed by atoms with Crippen LogP contribution in [-0.2, 0) is 0 Å². The van der Waals surface area contributed by atoms with Gasteiger partial charge >= 0.3 is 0 Å². The molecule has 0 bridgehead atoms. The number of hydrogen-bond donors (Lipinski definition) is 1. The Bertz CT molecular complexity index is 752. The van der Waals surface area contributed by atoms with Crippen molar-refractivity contribution in [2.75, 3.05) is 12.8 Å². The van der Waals surface area contributed by atoms with E-state index in [2.05, 4.69) is 27.6 Å². The van der Waals surface area contributed by atoms with Crippen LogP contribution in [0.5, 0.6) is 5.75 Å². The first-order valence-electron chi connectivity index (χ1n) is 5.67. The second-order valence-electron chi connectivity index (χ2n) is 4.08. The van der Waals surface area contributed by atoms with E-state index in [0.29, 0.717) is 17.2 Å². The van der Waals surface area contributed by atoms with Gasteiger partial charge in [0, 0.05) is 15.3 Å². The van der Waals surface area contributed by atoms with Gasteiger partial charge in [-0.05, 0) is 52.9 Å². The van der Waals surface area contributed by atoms with Crippen molar-refractivity contribution in [2.24, 2.45) is 0 Å². The number of oxazole rings is 1. The summed E-state index contributed by atoms with van der Waals surface area (Å²) >= 11 is 2.23. The number of hydrogen-bond acceptors (Lipinski definition) is 4. The summed E-state index contributed by atoms with van der Waals surface area (Å²) < 4.78 is 12.0. The van der Waals surface area contributed by atoms with Crippen molar-refractivity contribution in [3.05, 3.63) is 40.0 Å². The van der Waals surface area contributed by atoms with Crippen LogP contribution < -0.4 is 10.5 Å². The monoisotopic (exact) mass is 366 g/mol. The molecule has 1 heterocycles. The van der Waals surface area contributed by atoms with Crippen LogP contribution in [0.2, 0.25) is 0 Å². The Balaban J connectivity index is 2.17. The molecule has 0 atom stereocenters. The van der Waals surface area contributed by atoms with Gasteiger partial charge in [-0.2, -0.15) is 0 Å². The minimum Gasteiger partial charge on any atom is -0.497 e. The summed E-state index contributed by atoms with van der Waals surface area (Å²) in [5.74, 6) is 1.28. The molecule has 96 valence electrons. The fraction of sp³-hybridized carbons (Fsp3) is 0.0714. The number of aromatic nitrogens is 1. The van der Waals surface area contributed by atoms with Crippen molar-refractivity contribution in [3.63, 3.8) is 0 Å². The van der Waals surface area contributed by atoms with E-state index in [1.165, 1.54) is 0 Å². The van der Waals surface area contributed by atoms with E-state index in [-0.39, 0.29) is 0 Å². The van der Waals surface area contributed by atoms with Crippen LogP contribution in [0.25, 0.3) is 22.6 Å². The molecule has 0 saturated carbocycles. The molecular weight excluding hydrogens is 355 g/mol. The number of anilines is 1. The normalized spacial score (nSPS) is 10.8. The predicted octanol–water partition coefficient (Wildman–Crippen LogP) is 3.69. The maximum Gasteiger partial charge on any atom is 0.229 e. The molecular formula is C14H11IN2O2. The number of fused-ring (bicyclic) bond motifs is 1. The van der Waals surface area contributed by atoms with Crippen molar-refractivity contribution in [1.82, 2.24) is 4.98 Å². The second-order valence-corrected chi connectivity index (χ2v) is 5.33. The molecule has 0 saturated heterocycles. The fourth-order valence-corrected chi connectivity index (χ4v) is 2.35. The summed E-state index contributed by atoms with van der Waals surface area (Å²) in [5, 5.41) is 0. The van der Waals surface area contributed by atoms with Crippen LogP contribution in [-0.4, -0.2) is 12.1 Å². The summed E-state index contributed by atoms with van der Waals surface area (Å²) in [6.45, 7) is 0. The Labute approximate surface area is 123 Å². The third-order valence-corrected chi connectivity index (χ3v) is 3.51. The number of ether oxygens (including phenoxy) is 1. The van der Waals surface area contributed by atoms with Crippen LogP contribution in [0.1, 0.15) is 0 Å². The summed E-state index contributed by atoms with van der Waals surface area (Å²) in [5.41, 5.74) is 8.90. The zero-order valence-corrected chi connectivity index (χ0v) is 12.3. The van der Waals surface area contributed by atoms with E-state index in [4.69, 9.17) is 14.9 Å². The molecule has 4 nitrogen and oxygen atoms in total. The van der Waals surface area contributed by atoms with Gasteiger partial charge in [0.25, 0.3) is 0 Å². The van der Waals surface area contributed by atoms with Gasteiger partial charge in [-0.25, -0.2) is 4.98 Å². The predicted molar refractivity (Wildman–Crippen MR) is 83.1 cm³/mol. The molecule has 0 aliphatic rings. The Morgan fingerprint density at radius 3 is 2.84 bits per heavy atom. The van der Waals surface area contributed by atoms with Gasteiger partial charge in [-0.1, -0.05) is 0 Å². The Morgan fingerprint density at radius 2 is 2.05 bits per heavy atom. The molecule has 2 N–H and O–H groups in total. The van der Waals surface area contributed by atoms with Crippen molar-refractivity contribution >= 4 is 39.4 Å². The molecule has 3 aromatic rings. The maximum atomic E-state index is 5.97. The summed E-state index contributed by atoms with van der Waals surface area (Å²) in [6, 6.07) is 11.3. The smallest absolute Gasteiger partial charge is 0.229 e. The molecule has 0 unspecified atom stereocenters. The molecule has 3 rings (SSSR count). The minimum absolute atomic E-state index is 0.527. The third kappa shape index (κ3) is 2.25. The van der Waals surface area contributed by atoms with Gasteiger partial charge in [0.1, 0.15) is 11.3 Å². The van der Waals surface area contributed by atoms with Gasteiger partial charge in [-0.3, -0.25) is 0 Å². The second kappa shape index (κ2) is 4.73. The molecule has 5 heteroatoms. The first-order chi connectivity index (χ1) is 9.17. The highest BCUT2D eigenvalue weighted by molar-refractivity contribution is 14.1. The fourth-order valence-electron chi connectivity index (χ4n) is 1.86. The number of halogens is 1. The first-order valence-corrected chi connectivity index (χ1v) is 6.75. The van der Waals surface area contributed by atoms with Crippen LogP contribution >= 0.6 is 22.6 Å². The Hall–Kier alpha value is -1.76. The molecule has 0 aliphatic carbocycles. The van der Waals surface area contributed by atoms with Crippen LogP contribution in [0.15, 0.2) is 40.8 Å². The molecule has 0 fully saturated rings. The molecule has 1 aromatic heterocycles. The van der Waals surface area contributed by atoms with Gasteiger partial charge in [0.2, 0.25) is 5.89 Å². The lowest BCUT2D eigenvalue weighted by Gasteiger charge is -2.01. The van der Waals surface area contributed by atoms with Crippen molar-refractivity contribution in [2.45, 2.75) is 0 Å². The molecule has 2 aromatic carbocycles. The average Bonchev–Trinajstić information content (AvgIpc) is 2.83. The van der Waals surface area contributed by atoms with E-state index < -0.39 is 0 Å². The van der Waals surface area contributed by atoms with Crippen molar-refractivity contribution in [1.29, 1.82) is 0 Å². The van der Waals surface area contributed by atoms with Gasteiger partial charge in [0.15, 0.2) is 5.58 Å². The summed E-state index contributed by atoms with van der Waals surface area (Å²) in [6.07, 6.45) is 0. The summed E-state index contributed by atoms with van der Waals surface area (Å²) in [7, 11) is 1.62. The highest BCUT2D eigenvalue weighted by Gasteiger charge is 2.12. The number of nitrogen functional groups attached to an aromatic ring is 1. The average molecular weight is 366 g/mol. The minimum atomic E-state index is 0.527. The molecule has 0 aliphatic heterocycles. The number of methoxy groups -OCH3 is 1. The zero-order valence-electron chi connectivity index (χ0n) is 10.2. The van der Waals surface area contributed by atoms with Crippen molar-refractivity contribution in [3.8, 4) is 17.2 Å². The zero-order chi connectivity index (χ0) is 13.4. The Morgan fingerprint density at radius 1 is 1.21 bits per heavy atom. The van der Waals surface area contributed by atoms with Gasteiger partial charge < -0.3 is 14.9 Å². The van der Waals surface area contributed by atoms with E-state index in [1.807, 2.05) is 36.4 Å². The lowest BCUT2D eigenvalue weighted by Crippen LogP contribution is -1.90.